The van der Waals surface area contributed by atoms with Crippen molar-refractivity contribution in [1.29, 1.82) is 0 Å². The lowest BCUT2D eigenvalue weighted by molar-refractivity contribution is -0.121. The molecular formula is C17H14N4O3. The smallest absolute Gasteiger partial charge is 0.263 e. The van der Waals surface area contributed by atoms with Crippen LogP contribution in [-0.4, -0.2) is 31.0 Å². The van der Waals surface area contributed by atoms with Crippen molar-refractivity contribution in [2.24, 2.45) is 10.3 Å². The van der Waals surface area contributed by atoms with Gasteiger partial charge in [0, 0.05) is 6.07 Å². The number of methoxy groups -OCH3 is 1. The predicted molar refractivity (Wildman–Crippen MR) is 86.8 cm³/mol. The van der Waals surface area contributed by atoms with Gasteiger partial charge in [-0.1, -0.05) is 29.5 Å². The zero-order valence-electron chi connectivity index (χ0n) is 12.9. The van der Waals surface area contributed by atoms with Gasteiger partial charge in [0.15, 0.2) is 12.1 Å². The average Bonchev–Trinajstić information content (AvgIpc) is 3.16. The monoisotopic (exact) mass is 322 g/mol. The van der Waals surface area contributed by atoms with E-state index in [4.69, 9.17) is 4.74 Å². The quantitative estimate of drug-likeness (QED) is 0.812. The van der Waals surface area contributed by atoms with Gasteiger partial charge in [-0.15, -0.1) is 0 Å². The number of rotatable bonds is 3. The number of benzene rings is 2. The van der Waals surface area contributed by atoms with Gasteiger partial charge in [-0.25, -0.2) is 9.91 Å². The zero-order chi connectivity index (χ0) is 16.7. The van der Waals surface area contributed by atoms with Crippen LogP contribution in [0.15, 0.2) is 64.9 Å². The van der Waals surface area contributed by atoms with Crippen LogP contribution >= 0.6 is 0 Å². The Kier molecular flexibility index (Phi) is 3.26. The van der Waals surface area contributed by atoms with Gasteiger partial charge in [-0.2, -0.15) is 5.11 Å². The summed E-state index contributed by atoms with van der Waals surface area (Å²) in [6.07, 6.45) is 0. The second-order valence-corrected chi connectivity index (χ2v) is 5.49. The predicted octanol–water partition coefficient (Wildman–Crippen LogP) is 2.19. The molecule has 0 aromatic heterocycles. The lowest BCUT2D eigenvalue weighted by Crippen LogP contribution is -2.39. The highest BCUT2D eigenvalue weighted by Crippen LogP contribution is 2.35. The van der Waals surface area contributed by atoms with E-state index in [1.807, 2.05) is 30.3 Å². The van der Waals surface area contributed by atoms with Gasteiger partial charge in [0.1, 0.15) is 5.75 Å². The van der Waals surface area contributed by atoms with Gasteiger partial charge >= 0.3 is 0 Å². The first-order chi connectivity index (χ1) is 11.7. The molecular weight excluding hydrogens is 308 g/mol. The molecule has 7 nitrogen and oxygen atoms in total. The maximum absolute atomic E-state index is 12.9. The number of hydrogen-bond acceptors (Lipinski definition) is 6. The number of anilines is 2. The normalized spacial score (nSPS) is 22.2. The van der Waals surface area contributed by atoms with E-state index in [0.717, 1.165) is 10.6 Å². The van der Waals surface area contributed by atoms with Crippen LogP contribution in [0, 0.1) is 0 Å². The van der Waals surface area contributed by atoms with E-state index >= 15 is 0 Å². The van der Waals surface area contributed by atoms with Crippen molar-refractivity contribution >= 4 is 23.2 Å². The highest BCUT2D eigenvalue weighted by Gasteiger charge is 2.55. The van der Waals surface area contributed by atoms with E-state index in [-0.39, 0.29) is 11.8 Å². The van der Waals surface area contributed by atoms with Crippen LogP contribution in [0.25, 0.3) is 0 Å². The summed E-state index contributed by atoms with van der Waals surface area (Å²) >= 11 is 0. The van der Waals surface area contributed by atoms with Crippen LogP contribution in [0.3, 0.4) is 0 Å². The molecule has 2 amide bonds. The van der Waals surface area contributed by atoms with Crippen LogP contribution in [-0.2, 0) is 9.59 Å². The molecule has 24 heavy (non-hydrogen) atoms. The number of fused-ring (bicyclic) bond motifs is 1. The highest BCUT2D eigenvalue weighted by molar-refractivity contribution is 6.26. The Balaban J connectivity index is 1.70. The van der Waals surface area contributed by atoms with Crippen LogP contribution in [0.4, 0.5) is 11.4 Å². The van der Waals surface area contributed by atoms with Crippen molar-refractivity contribution in [2.45, 2.75) is 12.1 Å². The van der Waals surface area contributed by atoms with Gasteiger partial charge in [0.25, 0.3) is 11.8 Å². The molecule has 2 unspecified atom stereocenters. The number of hydrogen-bond donors (Lipinski definition) is 0. The first-order valence-electron chi connectivity index (χ1n) is 7.47. The van der Waals surface area contributed by atoms with E-state index in [2.05, 4.69) is 10.3 Å². The standard InChI is InChI=1S/C17H14N4O3/c1-24-13-9-5-8-12(10-13)20-16(22)14-15(17(20)23)21(19-18-14)11-6-3-2-4-7-11/h2-10,14-15H,1H3. The zero-order valence-corrected chi connectivity index (χ0v) is 12.9. The van der Waals surface area contributed by atoms with Gasteiger partial charge in [0.2, 0.25) is 0 Å². The number of para-hydroxylation sites is 1. The molecule has 0 spiro atoms. The van der Waals surface area contributed by atoms with Crippen molar-refractivity contribution in [3.63, 3.8) is 0 Å². The second kappa shape index (κ2) is 5.45. The molecule has 2 aliphatic rings. The molecule has 1 saturated heterocycles. The fraction of sp³-hybridized carbons (Fsp3) is 0.176. The maximum Gasteiger partial charge on any atom is 0.263 e. The molecule has 4 rings (SSSR count). The van der Waals surface area contributed by atoms with Crippen LogP contribution in [0.2, 0.25) is 0 Å². The lowest BCUT2D eigenvalue weighted by Gasteiger charge is -2.20. The molecule has 2 aliphatic heterocycles. The van der Waals surface area contributed by atoms with E-state index in [1.165, 1.54) is 12.1 Å². The molecule has 0 N–H and O–H groups in total. The van der Waals surface area contributed by atoms with Gasteiger partial charge in [-0.05, 0) is 24.3 Å². The molecule has 1 fully saturated rings. The third-order valence-electron chi connectivity index (χ3n) is 4.11. The van der Waals surface area contributed by atoms with Crippen LogP contribution < -0.4 is 14.6 Å². The fourth-order valence-corrected chi connectivity index (χ4v) is 2.96. The first kappa shape index (κ1) is 14.4. The van der Waals surface area contributed by atoms with Gasteiger partial charge in [0.05, 0.1) is 18.5 Å². The summed E-state index contributed by atoms with van der Waals surface area (Å²) in [7, 11) is 1.53. The third-order valence-corrected chi connectivity index (χ3v) is 4.11. The molecule has 0 bridgehead atoms. The summed E-state index contributed by atoms with van der Waals surface area (Å²) in [4.78, 5) is 26.7. The molecule has 0 saturated carbocycles. The average molecular weight is 322 g/mol. The van der Waals surface area contributed by atoms with Crippen molar-refractivity contribution in [2.75, 3.05) is 17.0 Å². The summed E-state index contributed by atoms with van der Waals surface area (Å²) < 4.78 is 5.17. The first-order valence-corrected chi connectivity index (χ1v) is 7.47. The molecule has 2 heterocycles. The number of amides is 2. The van der Waals surface area contributed by atoms with E-state index in [9.17, 15) is 9.59 Å². The lowest BCUT2D eigenvalue weighted by atomic mass is 10.1. The van der Waals surface area contributed by atoms with E-state index in [1.54, 1.807) is 24.3 Å². The van der Waals surface area contributed by atoms with E-state index in [0.29, 0.717) is 11.4 Å². The Bertz CT molecular complexity index is 837. The number of ether oxygens (including phenoxy) is 1. The highest BCUT2D eigenvalue weighted by atomic mass is 16.5. The van der Waals surface area contributed by atoms with Crippen molar-refractivity contribution < 1.29 is 14.3 Å². The van der Waals surface area contributed by atoms with Gasteiger partial charge in [-0.3, -0.25) is 9.59 Å². The minimum Gasteiger partial charge on any atom is -0.497 e. The SMILES string of the molecule is COc1cccc(N2C(=O)C3N=NN(c4ccccc4)C3C2=O)c1. The molecule has 2 aromatic carbocycles. The Morgan fingerprint density at radius 2 is 1.71 bits per heavy atom. The Labute approximate surface area is 138 Å². The third kappa shape index (κ3) is 2.05. The number of carbonyl (C=O) groups is 2. The molecule has 0 radical (unpaired) electrons. The minimum atomic E-state index is -0.816. The molecule has 120 valence electrons. The maximum atomic E-state index is 12.9. The number of imide groups is 1. The summed E-state index contributed by atoms with van der Waals surface area (Å²) in [6, 6.07) is 14.5. The van der Waals surface area contributed by atoms with Crippen molar-refractivity contribution in [3.05, 3.63) is 54.6 Å². The van der Waals surface area contributed by atoms with Crippen molar-refractivity contribution in [1.82, 2.24) is 0 Å². The minimum absolute atomic E-state index is 0.341. The Morgan fingerprint density at radius 1 is 0.958 bits per heavy atom. The molecule has 0 aliphatic carbocycles. The van der Waals surface area contributed by atoms with Crippen molar-refractivity contribution in [3.8, 4) is 5.75 Å². The number of nitrogens with zero attached hydrogens (tertiary/aromatic N) is 4. The molecule has 7 heteroatoms. The molecule has 2 atom stereocenters. The fourth-order valence-electron chi connectivity index (χ4n) is 2.96. The second-order valence-electron chi connectivity index (χ2n) is 5.49. The van der Waals surface area contributed by atoms with Gasteiger partial charge < -0.3 is 4.74 Å². The number of carbonyl (C=O) groups excluding carboxylic acids is 2. The summed E-state index contributed by atoms with van der Waals surface area (Å²) in [5.74, 6) is -0.140. The Morgan fingerprint density at radius 3 is 2.46 bits per heavy atom. The summed E-state index contributed by atoms with van der Waals surface area (Å²) in [5.41, 5.74) is 1.20. The Hall–Kier alpha value is -3.22. The van der Waals surface area contributed by atoms with Crippen LogP contribution in [0.5, 0.6) is 5.75 Å². The summed E-state index contributed by atoms with van der Waals surface area (Å²) in [6.45, 7) is 0. The largest absolute Gasteiger partial charge is 0.497 e. The van der Waals surface area contributed by atoms with Crippen LogP contribution in [0.1, 0.15) is 0 Å². The molecule has 2 aromatic rings. The topological polar surface area (TPSA) is 74.6 Å². The van der Waals surface area contributed by atoms with E-state index < -0.39 is 12.1 Å². The summed E-state index contributed by atoms with van der Waals surface area (Å²) in [5, 5.41) is 9.54.